The first kappa shape index (κ1) is 9.39. The van der Waals surface area contributed by atoms with Crippen molar-refractivity contribution in [1.82, 2.24) is 0 Å². The fourth-order valence-corrected chi connectivity index (χ4v) is 1.26. The Balaban J connectivity index is 2.54. The molecule has 1 heterocycles. The predicted octanol–water partition coefficient (Wildman–Crippen LogP) is 2.99. The zero-order valence-electron chi connectivity index (χ0n) is 7.51. The molecule has 0 amide bonds. The van der Waals surface area contributed by atoms with Gasteiger partial charge in [0, 0.05) is 11.6 Å². The van der Waals surface area contributed by atoms with Crippen LogP contribution in [-0.4, -0.2) is 4.92 Å². The van der Waals surface area contributed by atoms with Gasteiger partial charge in [-0.1, -0.05) is 0 Å². The summed E-state index contributed by atoms with van der Waals surface area (Å²) in [5.74, 6) is -0.256. The van der Waals surface area contributed by atoms with Crippen LogP contribution >= 0.6 is 0 Å². The lowest BCUT2D eigenvalue weighted by Gasteiger charge is -1.97. The molecule has 0 fully saturated rings. The molecule has 0 N–H and O–H groups in total. The molecule has 4 nitrogen and oxygen atoms in total. The van der Waals surface area contributed by atoms with Gasteiger partial charge in [0.2, 0.25) is 0 Å². The number of hydrogen-bond donors (Lipinski definition) is 0. The van der Waals surface area contributed by atoms with Crippen LogP contribution in [0.1, 0.15) is 0 Å². The summed E-state index contributed by atoms with van der Waals surface area (Å²) in [6.45, 7) is 0. The second-order valence-electron chi connectivity index (χ2n) is 2.93. The summed E-state index contributed by atoms with van der Waals surface area (Å²) in [5, 5.41) is 10.5. The van der Waals surface area contributed by atoms with E-state index in [2.05, 4.69) is 0 Å². The van der Waals surface area contributed by atoms with Crippen LogP contribution in [0, 0.1) is 15.9 Å². The molecule has 15 heavy (non-hydrogen) atoms. The van der Waals surface area contributed by atoms with Crippen LogP contribution in [0.5, 0.6) is 0 Å². The molecule has 0 saturated carbocycles. The highest BCUT2D eigenvalue weighted by Gasteiger charge is 2.11. The summed E-state index contributed by atoms with van der Waals surface area (Å²) in [6, 6.07) is 6.56. The van der Waals surface area contributed by atoms with Crippen molar-refractivity contribution in [2.45, 2.75) is 0 Å². The molecule has 0 unspecified atom stereocenters. The van der Waals surface area contributed by atoms with Crippen molar-refractivity contribution in [3.05, 3.63) is 52.5 Å². The third-order valence-corrected chi connectivity index (χ3v) is 1.90. The molecule has 0 aliphatic rings. The Morgan fingerprint density at radius 1 is 1.33 bits per heavy atom. The van der Waals surface area contributed by atoms with Gasteiger partial charge < -0.3 is 4.42 Å². The van der Waals surface area contributed by atoms with E-state index in [0.29, 0.717) is 11.3 Å². The molecule has 0 aliphatic carbocycles. The molecular weight excluding hydrogens is 201 g/mol. The van der Waals surface area contributed by atoms with E-state index < -0.39 is 10.7 Å². The minimum Gasteiger partial charge on any atom is -0.464 e. The number of nitro benzene ring substituents is 1. The Labute approximate surface area is 84.1 Å². The molecule has 0 saturated heterocycles. The molecule has 0 radical (unpaired) electrons. The first-order valence-corrected chi connectivity index (χ1v) is 4.15. The smallest absolute Gasteiger partial charge is 0.273 e. The Kier molecular flexibility index (Phi) is 2.21. The SMILES string of the molecule is O=[N+]([O-])c1cc(F)cc(-c2ccco2)c1. The monoisotopic (exact) mass is 207 g/mol. The largest absolute Gasteiger partial charge is 0.464 e. The van der Waals surface area contributed by atoms with Gasteiger partial charge in [0.25, 0.3) is 5.69 Å². The van der Waals surface area contributed by atoms with Gasteiger partial charge in [0.1, 0.15) is 11.6 Å². The van der Waals surface area contributed by atoms with E-state index in [1.807, 2.05) is 0 Å². The predicted molar refractivity (Wildman–Crippen MR) is 50.8 cm³/mol. The summed E-state index contributed by atoms with van der Waals surface area (Å²) in [7, 11) is 0. The molecule has 1 aromatic heterocycles. The third-order valence-electron chi connectivity index (χ3n) is 1.90. The standard InChI is InChI=1S/C10H6FNO3/c11-8-4-7(10-2-1-3-15-10)5-9(6-8)12(13)14/h1-6H. The number of furan rings is 1. The number of halogens is 1. The van der Waals surface area contributed by atoms with Gasteiger partial charge in [0.05, 0.1) is 17.3 Å². The van der Waals surface area contributed by atoms with Crippen molar-refractivity contribution >= 4 is 5.69 Å². The van der Waals surface area contributed by atoms with Crippen LogP contribution in [-0.2, 0) is 0 Å². The number of rotatable bonds is 2. The van der Waals surface area contributed by atoms with Crippen molar-refractivity contribution in [2.24, 2.45) is 0 Å². The zero-order chi connectivity index (χ0) is 10.8. The van der Waals surface area contributed by atoms with Crippen LogP contribution in [0.2, 0.25) is 0 Å². The molecular formula is C10H6FNO3. The van der Waals surface area contributed by atoms with Crippen molar-refractivity contribution in [3.63, 3.8) is 0 Å². The fourth-order valence-electron chi connectivity index (χ4n) is 1.26. The average molecular weight is 207 g/mol. The van der Waals surface area contributed by atoms with E-state index in [-0.39, 0.29) is 5.69 Å². The molecule has 0 aliphatic heterocycles. The van der Waals surface area contributed by atoms with E-state index in [9.17, 15) is 14.5 Å². The van der Waals surface area contributed by atoms with Crippen LogP contribution in [0.4, 0.5) is 10.1 Å². The van der Waals surface area contributed by atoms with E-state index in [1.165, 1.54) is 18.4 Å². The minimum absolute atomic E-state index is 0.290. The van der Waals surface area contributed by atoms with Crippen molar-refractivity contribution < 1.29 is 13.7 Å². The van der Waals surface area contributed by atoms with Gasteiger partial charge in [-0.05, 0) is 18.2 Å². The number of hydrogen-bond acceptors (Lipinski definition) is 3. The average Bonchev–Trinajstić information content (AvgIpc) is 2.69. The van der Waals surface area contributed by atoms with E-state index in [4.69, 9.17) is 4.42 Å². The first-order valence-electron chi connectivity index (χ1n) is 4.15. The van der Waals surface area contributed by atoms with Gasteiger partial charge in [-0.3, -0.25) is 10.1 Å². The number of benzene rings is 1. The van der Waals surface area contributed by atoms with Gasteiger partial charge in [-0.25, -0.2) is 4.39 Å². The Morgan fingerprint density at radius 3 is 2.73 bits per heavy atom. The lowest BCUT2D eigenvalue weighted by molar-refractivity contribution is -0.385. The van der Waals surface area contributed by atoms with Crippen LogP contribution < -0.4 is 0 Å². The maximum absolute atomic E-state index is 13.0. The molecule has 2 rings (SSSR count). The Bertz CT molecular complexity index is 493. The quantitative estimate of drug-likeness (QED) is 0.561. The molecule has 0 atom stereocenters. The summed E-state index contributed by atoms with van der Waals surface area (Å²) in [5.41, 5.74) is 0.0631. The molecule has 1 aromatic carbocycles. The first-order chi connectivity index (χ1) is 7.16. The number of nitro groups is 1. The van der Waals surface area contributed by atoms with E-state index >= 15 is 0 Å². The van der Waals surface area contributed by atoms with Crippen LogP contribution in [0.3, 0.4) is 0 Å². The molecule has 0 bridgehead atoms. The van der Waals surface area contributed by atoms with Crippen LogP contribution in [0.15, 0.2) is 41.0 Å². The molecule has 76 valence electrons. The van der Waals surface area contributed by atoms with Gasteiger partial charge in [-0.15, -0.1) is 0 Å². The van der Waals surface area contributed by atoms with Crippen molar-refractivity contribution in [1.29, 1.82) is 0 Å². The van der Waals surface area contributed by atoms with Gasteiger partial charge >= 0.3 is 0 Å². The fraction of sp³-hybridized carbons (Fsp3) is 0. The highest BCUT2D eigenvalue weighted by atomic mass is 19.1. The molecule has 2 aromatic rings. The lowest BCUT2D eigenvalue weighted by Crippen LogP contribution is -1.90. The third kappa shape index (κ3) is 1.85. The topological polar surface area (TPSA) is 56.3 Å². The second kappa shape index (κ2) is 3.53. The van der Waals surface area contributed by atoms with Crippen LogP contribution in [0.25, 0.3) is 11.3 Å². The summed E-state index contributed by atoms with van der Waals surface area (Å²) in [6.07, 6.45) is 1.42. The molecule has 0 spiro atoms. The highest BCUT2D eigenvalue weighted by molar-refractivity contribution is 5.61. The second-order valence-corrected chi connectivity index (χ2v) is 2.93. The number of nitrogens with zero attached hydrogens (tertiary/aromatic N) is 1. The summed E-state index contributed by atoms with van der Waals surface area (Å²) < 4.78 is 18.1. The Hall–Kier alpha value is -2.17. The van der Waals surface area contributed by atoms with Gasteiger partial charge in [0.15, 0.2) is 0 Å². The van der Waals surface area contributed by atoms with Crippen molar-refractivity contribution in [3.8, 4) is 11.3 Å². The Morgan fingerprint density at radius 2 is 2.13 bits per heavy atom. The van der Waals surface area contributed by atoms with E-state index in [1.54, 1.807) is 12.1 Å². The maximum atomic E-state index is 13.0. The molecule has 5 heteroatoms. The lowest BCUT2D eigenvalue weighted by atomic mass is 10.1. The number of non-ortho nitro benzene ring substituents is 1. The normalized spacial score (nSPS) is 10.2. The summed E-state index contributed by atoms with van der Waals surface area (Å²) >= 11 is 0. The minimum atomic E-state index is -0.657. The van der Waals surface area contributed by atoms with E-state index in [0.717, 1.165) is 6.07 Å². The van der Waals surface area contributed by atoms with Crippen molar-refractivity contribution in [2.75, 3.05) is 0 Å². The van der Waals surface area contributed by atoms with Gasteiger partial charge in [-0.2, -0.15) is 0 Å². The summed E-state index contributed by atoms with van der Waals surface area (Å²) in [4.78, 5) is 9.84. The highest BCUT2D eigenvalue weighted by Crippen LogP contribution is 2.25. The maximum Gasteiger partial charge on any atom is 0.273 e. The zero-order valence-corrected chi connectivity index (χ0v) is 7.51.